The molecule has 7 nitrogen and oxygen atoms in total. The van der Waals surface area contributed by atoms with Gasteiger partial charge >= 0.3 is 0 Å². The molecular weight excluding hydrogens is 478 g/mol. The SMILES string of the molecule is CCOc1ccc(N2C[C@@H](c3nc4ccccc4n3C[C@H](O)COc3ccccc3Cl)CC2=O)cc1. The van der Waals surface area contributed by atoms with Crippen molar-refractivity contribution in [1.82, 2.24) is 9.55 Å². The number of hydrogen-bond acceptors (Lipinski definition) is 5. The first-order chi connectivity index (χ1) is 17.5. The second-order valence-electron chi connectivity index (χ2n) is 8.80. The number of carbonyl (C=O) groups is 1. The Morgan fingerprint density at radius 2 is 1.81 bits per heavy atom. The van der Waals surface area contributed by atoms with E-state index in [0.717, 1.165) is 28.3 Å². The number of ether oxygens (including phenoxy) is 2. The highest BCUT2D eigenvalue weighted by Gasteiger charge is 2.35. The quantitative estimate of drug-likeness (QED) is 0.344. The summed E-state index contributed by atoms with van der Waals surface area (Å²) < 4.78 is 13.3. The van der Waals surface area contributed by atoms with Crippen LogP contribution in [0.2, 0.25) is 5.02 Å². The number of para-hydroxylation sites is 3. The topological polar surface area (TPSA) is 76.8 Å². The van der Waals surface area contributed by atoms with Crippen LogP contribution in [0, 0.1) is 0 Å². The van der Waals surface area contributed by atoms with Crippen LogP contribution >= 0.6 is 11.6 Å². The van der Waals surface area contributed by atoms with Crippen LogP contribution < -0.4 is 14.4 Å². The van der Waals surface area contributed by atoms with E-state index in [-0.39, 0.29) is 25.0 Å². The average Bonchev–Trinajstić information content (AvgIpc) is 3.45. The van der Waals surface area contributed by atoms with E-state index in [2.05, 4.69) is 0 Å². The lowest BCUT2D eigenvalue weighted by Crippen LogP contribution is -2.26. The minimum atomic E-state index is -0.794. The predicted molar refractivity (Wildman–Crippen MR) is 140 cm³/mol. The van der Waals surface area contributed by atoms with Crippen molar-refractivity contribution >= 4 is 34.2 Å². The third kappa shape index (κ3) is 5.03. The third-order valence-corrected chi connectivity index (χ3v) is 6.61. The van der Waals surface area contributed by atoms with Gasteiger partial charge in [0.25, 0.3) is 0 Å². The molecule has 36 heavy (non-hydrogen) atoms. The Morgan fingerprint density at radius 3 is 2.58 bits per heavy atom. The first-order valence-electron chi connectivity index (χ1n) is 12.1. The number of halogens is 1. The Labute approximate surface area is 214 Å². The molecule has 1 N–H and O–H groups in total. The summed E-state index contributed by atoms with van der Waals surface area (Å²) in [6, 6.07) is 22.6. The van der Waals surface area contributed by atoms with Gasteiger partial charge in [0.05, 0.1) is 29.2 Å². The summed E-state index contributed by atoms with van der Waals surface area (Å²) in [4.78, 5) is 19.6. The molecule has 1 aliphatic rings. The van der Waals surface area contributed by atoms with E-state index in [1.807, 2.05) is 72.2 Å². The van der Waals surface area contributed by atoms with E-state index in [1.165, 1.54) is 0 Å². The summed E-state index contributed by atoms with van der Waals surface area (Å²) >= 11 is 6.18. The molecule has 0 spiro atoms. The molecule has 0 aliphatic carbocycles. The van der Waals surface area contributed by atoms with E-state index in [9.17, 15) is 9.90 Å². The smallest absolute Gasteiger partial charge is 0.227 e. The Morgan fingerprint density at radius 1 is 1.06 bits per heavy atom. The highest BCUT2D eigenvalue weighted by Crippen LogP contribution is 2.34. The Balaban J connectivity index is 1.36. The van der Waals surface area contributed by atoms with Gasteiger partial charge in [0.15, 0.2) is 0 Å². The van der Waals surface area contributed by atoms with E-state index in [0.29, 0.717) is 30.3 Å². The molecule has 0 unspecified atom stereocenters. The number of aliphatic hydroxyl groups is 1. The highest BCUT2D eigenvalue weighted by atomic mass is 35.5. The molecule has 1 aromatic heterocycles. The largest absolute Gasteiger partial charge is 0.494 e. The van der Waals surface area contributed by atoms with E-state index in [4.69, 9.17) is 26.1 Å². The van der Waals surface area contributed by atoms with Crippen molar-refractivity contribution in [3.05, 3.63) is 83.6 Å². The molecule has 4 aromatic rings. The summed E-state index contributed by atoms with van der Waals surface area (Å²) in [5.74, 6) is 2.04. The maximum Gasteiger partial charge on any atom is 0.227 e. The summed E-state index contributed by atoms with van der Waals surface area (Å²) in [7, 11) is 0. The molecule has 0 radical (unpaired) electrons. The molecule has 3 aromatic carbocycles. The van der Waals surface area contributed by atoms with Gasteiger partial charge in [-0.25, -0.2) is 4.98 Å². The van der Waals surface area contributed by atoms with Crippen molar-refractivity contribution in [3.63, 3.8) is 0 Å². The van der Waals surface area contributed by atoms with Gasteiger partial charge in [-0.3, -0.25) is 4.79 Å². The minimum Gasteiger partial charge on any atom is -0.494 e. The lowest BCUT2D eigenvalue weighted by atomic mass is 10.1. The minimum absolute atomic E-state index is 0.0466. The van der Waals surface area contributed by atoms with Crippen LogP contribution in [-0.2, 0) is 11.3 Å². The van der Waals surface area contributed by atoms with Gasteiger partial charge in [0.2, 0.25) is 5.91 Å². The van der Waals surface area contributed by atoms with Crippen molar-refractivity contribution in [2.24, 2.45) is 0 Å². The molecular formula is C28H28ClN3O4. The number of carbonyl (C=O) groups excluding carboxylic acids is 1. The Kier molecular flexibility index (Phi) is 7.11. The molecule has 1 fully saturated rings. The summed E-state index contributed by atoms with van der Waals surface area (Å²) in [6.07, 6.45) is -0.445. The first-order valence-corrected chi connectivity index (χ1v) is 12.4. The average molecular weight is 506 g/mol. The van der Waals surface area contributed by atoms with Gasteiger partial charge in [-0.1, -0.05) is 35.9 Å². The third-order valence-electron chi connectivity index (χ3n) is 6.29. The van der Waals surface area contributed by atoms with Gasteiger partial charge in [-0.2, -0.15) is 0 Å². The predicted octanol–water partition coefficient (Wildman–Crippen LogP) is 5.05. The summed E-state index contributed by atoms with van der Waals surface area (Å²) in [5, 5.41) is 11.3. The number of aromatic nitrogens is 2. The number of rotatable bonds is 9. The number of imidazole rings is 1. The van der Waals surface area contributed by atoms with Crippen LogP contribution in [0.5, 0.6) is 11.5 Å². The van der Waals surface area contributed by atoms with Gasteiger partial charge in [-0.15, -0.1) is 0 Å². The molecule has 1 amide bonds. The number of benzene rings is 3. The van der Waals surface area contributed by atoms with Crippen LogP contribution in [0.25, 0.3) is 11.0 Å². The summed E-state index contributed by atoms with van der Waals surface area (Å²) in [6.45, 7) is 3.41. The number of amides is 1. The van der Waals surface area contributed by atoms with Gasteiger partial charge in [0.1, 0.15) is 30.0 Å². The fourth-order valence-corrected chi connectivity index (χ4v) is 4.82. The van der Waals surface area contributed by atoms with Crippen LogP contribution in [0.1, 0.15) is 25.1 Å². The van der Waals surface area contributed by atoms with Crippen molar-refractivity contribution in [2.45, 2.75) is 31.9 Å². The normalized spacial score (nSPS) is 16.5. The highest BCUT2D eigenvalue weighted by molar-refractivity contribution is 6.32. The maximum absolute atomic E-state index is 13.0. The molecule has 1 aliphatic heterocycles. The lowest BCUT2D eigenvalue weighted by molar-refractivity contribution is -0.117. The molecule has 0 bridgehead atoms. The number of anilines is 1. The molecule has 186 valence electrons. The number of nitrogens with zero attached hydrogens (tertiary/aromatic N) is 3. The monoisotopic (exact) mass is 505 g/mol. The lowest BCUT2D eigenvalue weighted by Gasteiger charge is -2.19. The molecule has 5 rings (SSSR count). The molecule has 1 saturated heterocycles. The van der Waals surface area contributed by atoms with Gasteiger partial charge in [0, 0.05) is 24.6 Å². The fourth-order valence-electron chi connectivity index (χ4n) is 4.63. The second kappa shape index (κ2) is 10.6. The second-order valence-corrected chi connectivity index (χ2v) is 9.20. The van der Waals surface area contributed by atoms with Crippen LogP contribution in [0.3, 0.4) is 0 Å². The van der Waals surface area contributed by atoms with Crippen LogP contribution in [0.15, 0.2) is 72.8 Å². The zero-order chi connectivity index (χ0) is 25.1. The zero-order valence-corrected chi connectivity index (χ0v) is 20.8. The van der Waals surface area contributed by atoms with Crippen molar-refractivity contribution < 1.29 is 19.4 Å². The first kappa shape index (κ1) is 24.2. The van der Waals surface area contributed by atoms with Crippen LogP contribution in [0.4, 0.5) is 5.69 Å². The molecule has 0 saturated carbocycles. The molecule has 8 heteroatoms. The Hall–Kier alpha value is -3.55. The van der Waals surface area contributed by atoms with Crippen LogP contribution in [-0.4, -0.2) is 46.4 Å². The number of hydrogen-bond donors (Lipinski definition) is 1. The van der Waals surface area contributed by atoms with Gasteiger partial charge < -0.3 is 24.0 Å². The van der Waals surface area contributed by atoms with E-state index >= 15 is 0 Å². The Bertz CT molecular complexity index is 1350. The maximum atomic E-state index is 13.0. The number of fused-ring (bicyclic) bond motifs is 1. The van der Waals surface area contributed by atoms with E-state index < -0.39 is 6.10 Å². The van der Waals surface area contributed by atoms with Crippen molar-refractivity contribution in [2.75, 3.05) is 24.7 Å². The number of aliphatic hydroxyl groups excluding tert-OH is 1. The van der Waals surface area contributed by atoms with E-state index in [1.54, 1.807) is 17.0 Å². The summed E-state index contributed by atoms with van der Waals surface area (Å²) in [5.41, 5.74) is 2.58. The van der Waals surface area contributed by atoms with Gasteiger partial charge in [-0.05, 0) is 55.5 Å². The fraction of sp³-hybridized carbons (Fsp3) is 0.286. The molecule has 2 heterocycles. The van der Waals surface area contributed by atoms with Crippen molar-refractivity contribution in [3.8, 4) is 11.5 Å². The zero-order valence-electron chi connectivity index (χ0n) is 20.0. The van der Waals surface area contributed by atoms with Crippen molar-refractivity contribution in [1.29, 1.82) is 0 Å². The standard InChI is InChI=1S/C28H28ClN3O4/c1-2-35-22-13-11-20(12-14-22)31-16-19(15-27(31)34)28-30-24-8-4-5-9-25(24)32(28)17-21(33)18-36-26-10-6-3-7-23(26)29/h3-14,19,21,33H,2,15-18H2,1H3/t19-,21-/m0/s1. The molecule has 2 atom stereocenters.